The van der Waals surface area contributed by atoms with Gasteiger partial charge in [-0.3, -0.25) is 4.98 Å². The van der Waals surface area contributed by atoms with Gasteiger partial charge >= 0.3 is 0 Å². The summed E-state index contributed by atoms with van der Waals surface area (Å²) < 4.78 is 6.43. The Morgan fingerprint density at radius 3 is 3.00 bits per heavy atom. The van der Waals surface area contributed by atoms with E-state index in [0.29, 0.717) is 5.89 Å². The molecule has 96 valence electrons. The molecule has 3 rings (SSSR count). The summed E-state index contributed by atoms with van der Waals surface area (Å²) in [4.78, 5) is 8.45. The SMILES string of the molecule is Cc1nc2cc(NCc3cncc(Br)c3)ccc2o1. The number of benzene rings is 1. The number of nitrogens with zero attached hydrogens (tertiary/aromatic N) is 2. The summed E-state index contributed by atoms with van der Waals surface area (Å²) >= 11 is 3.41. The zero-order chi connectivity index (χ0) is 13.2. The fraction of sp³-hybridized carbons (Fsp3) is 0.143. The third kappa shape index (κ3) is 2.76. The first-order valence-electron chi connectivity index (χ1n) is 5.91. The van der Waals surface area contributed by atoms with Crippen LogP contribution in [0.15, 0.2) is 45.5 Å². The van der Waals surface area contributed by atoms with E-state index in [-0.39, 0.29) is 0 Å². The molecule has 5 heteroatoms. The first-order valence-corrected chi connectivity index (χ1v) is 6.70. The molecule has 2 aromatic heterocycles. The number of nitrogens with one attached hydrogen (secondary N) is 1. The summed E-state index contributed by atoms with van der Waals surface area (Å²) in [5, 5.41) is 3.35. The number of anilines is 1. The number of pyridine rings is 1. The van der Waals surface area contributed by atoms with Crippen LogP contribution >= 0.6 is 15.9 Å². The molecule has 0 radical (unpaired) electrons. The minimum Gasteiger partial charge on any atom is -0.441 e. The summed E-state index contributed by atoms with van der Waals surface area (Å²) in [6, 6.07) is 7.94. The monoisotopic (exact) mass is 317 g/mol. The Bertz CT molecular complexity index is 724. The largest absolute Gasteiger partial charge is 0.441 e. The zero-order valence-electron chi connectivity index (χ0n) is 10.4. The Morgan fingerprint density at radius 2 is 2.16 bits per heavy atom. The second kappa shape index (κ2) is 5.01. The maximum absolute atomic E-state index is 5.45. The Balaban J connectivity index is 1.78. The van der Waals surface area contributed by atoms with E-state index in [1.165, 1.54) is 0 Å². The molecule has 0 unspecified atom stereocenters. The maximum atomic E-state index is 5.45. The van der Waals surface area contributed by atoms with Gasteiger partial charge in [-0.15, -0.1) is 0 Å². The second-order valence-electron chi connectivity index (χ2n) is 4.28. The highest BCUT2D eigenvalue weighted by Crippen LogP contribution is 2.20. The van der Waals surface area contributed by atoms with Crippen molar-refractivity contribution in [3.8, 4) is 0 Å². The van der Waals surface area contributed by atoms with E-state index < -0.39 is 0 Å². The van der Waals surface area contributed by atoms with Crippen LogP contribution in [0.25, 0.3) is 11.1 Å². The van der Waals surface area contributed by atoms with E-state index in [9.17, 15) is 0 Å². The predicted octanol–water partition coefficient (Wildman–Crippen LogP) is 3.91. The minimum absolute atomic E-state index is 0.684. The lowest BCUT2D eigenvalue weighted by molar-refractivity contribution is 0.561. The van der Waals surface area contributed by atoms with Crippen molar-refractivity contribution in [3.63, 3.8) is 0 Å². The van der Waals surface area contributed by atoms with Crippen molar-refractivity contribution in [2.75, 3.05) is 5.32 Å². The van der Waals surface area contributed by atoms with Crippen molar-refractivity contribution < 1.29 is 4.42 Å². The standard InChI is InChI=1S/C14H12BrN3O/c1-9-18-13-5-12(2-3-14(13)19-9)17-7-10-4-11(15)8-16-6-10/h2-6,8,17H,7H2,1H3. The molecular weight excluding hydrogens is 306 g/mol. The molecule has 0 saturated carbocycles. The Morgan fingerprint density at radius 1 is 1.26 bits per heavy atom. The number of halogens is 1. The minimum atomic E-state index is 0.684. The summed E-state index contributed by atoms with van der Waals surface area (Å²) in [6.45, 7) is 2.56. The van der Waals surface area contributed by atoms with Gasteiger partial charge in [-0.2, -0.15) is 0 Å². The van der Waals surface area contributed by atoms with Crippen LogP contribution in [0.1, 0.15) is 11.5 Å². The van der Waals surface area contributed by atoms with Gasteiger partial charge in [0.1, 0.15) is 5.52 Å². The van der Waals surface area contributed by atoms with Gasteiger partial charge in [0.05, 0.1) is 0 Å². The lowest BCUT2D eigenvalue weighted by atomic mass is 10.2. The highest BCUT2D eigenvalue weighted by atomic mass is 79.9. The Hall–Kier alpha value is -1.88. The van der Waals surface area contributed by atoms with Gasteiger partial charge in [0.15, 0.2) is 11.5 Å². The van der Waals surface area contributed by atoms with E-state index in [2.05, 4.69) is 31.2 Å². The summed E-state index contributed by atoms with van der Waals surface area (Å²) in [6.07, 6.45) is 3.62. The number of oxazole rings is 1. The molecule has 0 atom stereocenters. The lowest BCUT2D eigenvalue weighted by Crippen LogP contribution is -1.99. The number of fused-ring (bicyclic) bond motifs is 1. The third-order valence-electron chi connectivity index (χ3n) is 2.75. The summed E-state index contributed by atoms with van der Waals surface area (Å²) in [5.74, 6) is 0.684. The molecule has 0 saturated heterocycles. The Kier molecular flexibility index (Phi) is 3.21. The molecule has 0 aliphatic carbocycles. The first kappa shape index (κ1) is 12.2. The van der Waals surface area contributed by atoms with E-state index in [4.69, 9.17) is 4.42 Å². The second-order valence-corrected chi connectivity index (χ2v) is 5.20. The average Bonchev–Trinajstić information content (AvgIpc) is 2.75. The zero-order valence-corrected chi connectivity index (χ0v) is 11.9. The number of aryl methyl sites for hydroxylation is 1. The van der Waals surface area contributed by atoms with E-state index in [1.54, 1.807) is 6.20 Å². The van der Waals surface area contributed by atoms with Crippen molar-refractivity contribution in [1.29, 1.82) is 0 Å². The molecule has 1 N–H and O–H groups in total. The van der Waals surface area contributed by atoms with Crippen LogP contribution in [-0.2, 0) is 6.54 Å². The molecule has 0 amide bonds. The van der Waals surface area contributed by atoms with Crippen LogP contribution in [0.3, 0.4) is 0 Å². The molecule has 3 aromatic rings. The van der Waals surface area contributed by atoms with Gasteiger partial charge in [0.25, 0.3) is 0 Å². The molecule has 1 aromatic carbocycles. The van der Waals surface area contributed by atoms with E-state index in [0.717, 1.165) is 33.4 Å². The molecular formula is C14H12BrN3O. The van der Waals surface area contributed by atoms with Crippen molar-refractivity contribution in [3.05, 3.63) is 52.6 Å². The number of hydrogen-bond acceptors (Lipinski definition) is 4. The van der Waals surface area contributed by atoms with Gasteiger partial charge in [0, 0.05) is 36.0 Å². The molecule has 19 heavy (non-hydrogen) atoms. The van der Waals surface area contributed by atoms with Crippen LogP contribution in [0.5, 0.6) is 0 Å². The fourth-order valence-electron chi connectivity index (χ4n) is 1.91. The lowest BCUT2D eigenvalue weighted by Gasteiger charge is -2.06. The average molecular weight is 318 g/mol. The maximum Gasteiger partial charge on any atom is 0.192 e. The molecule has 4 nitrogen and oxygen atoms in total. The molecule has 0 aliphatic rings. The molecule has 0 spiro atoms. The van der Waals surface area contributed by atoms with E-state index >= 15 is 0 Å². The highest BCUT2D eigenvalue weighted by molar-refractivity contribution is 9.10. The van der Waals surface area contributed by atoms with Crippen LogP contribution in [0.4, 0.5) is 5.69 Å². The van der Waals surface area contributed by atoms with E-state index in [1.807, 2.05) is 37.4 Å². The van der Waals surface area contributed by atoms with Crippen LogP contribution in [0, 0.1) is 6.92 Å². The number of aromatic nitrogens is 2. The van der Waals surface area contributed by atoms with Crippen LogP contribution < -0.4 is 5.32 Å². The quantitative estimate of drug-likeness (QED) is 0.795. The Labute approximate surface area is 119 Å². The predicted molar refractivity (Wildman–Crippen MR) is 78.0 cm³/mol. The van der Waals surface area contributed by atoms with Gasteiger partial charge in [-0.25, -0.2) is 4.98 Å². The number of rotatable bonds is 3. The molecule has 0 bridgehead atoms. The molecule has 0 aliphatic heterocycles. The molecule has 0 fully saturated rings. The van der Waals surface area contributed by atoms with Crippen molar-refractivity contribution in [2.45, 2.75) is 13.5 Å². The molecule has 2 heterocycles. The van der Waals surface area contributed by atoms with Crippen LogP contribution in [-0.4, -0.2) is 9.97 Å². The van der Waals surface area contributed by atoms with Crippen molar-refractivity contribution in [1.82, 2.24) is 9.97 Å². The topological polar surface area (TPSA) is 51.0 Å². The van der Waals surface area contributed by atoms with Crippen molar-refractivity contribution in [2.24, 2.45) is 0 Å². The fourth-order valence-corrected chi connectivity index (χ4v) is 2.32. The van der Waals surface area contributed by atoms with Gasteiger partial charge in [-0.1, -0.05) is 0 Å². The number of hydrogen-bond donors (Lipinski definition) is 1. The first-order chi connectivity index (χ1) is 9.20. The van der Waals surface area contributed by atoms with Crippen LogP contribution in [0.2, 0.25) is 0 Å². The van der Waals surface area contributed by atoms with Gasteiger partial charge < -0.3 is 9.73 Å². The highest BCUT2D eigenvalue weighted by Gasteiger charge is 2.03. The third-order valence-corrected chi connectivity index (χ3v) is 3.19. The van der Waals surface area contributed by atoms with Gasteiger partial charge in [-0.05, 0) is 45.8 Å². The van der Waals surface area contributed by atoms with Gasteiger partial charge in [0.2, 0.25) is 0 Å². The summed E-state index contributed by atoms with van der Waals surface area (Å²) in [7, 11) is 0. The normalized spacial score (nSPS) is 10.8. The summed E-state index contributed by atoms with van der Waals surface area (Å²) in [5.41, 5.74) is 3.81. The smallest absolute Gasteiger partial charge is 0.192 e. The van der Waals surface area contributed by atoms with Crippen molar-refractivity contribution >= 4 is 32.7 Å².